The lowest BCUT2D eigenvalue weighted by atomic mass is 10.7. The van der Waals surface area contributed by atoms with Gasteiger partial charge >= 0.3 is 5.69 Å². The Hall–Kier alpha value is -1.39. The molecule has 54 valence electrons. The van der Waals surface area contributed by atoms with Gasteiger partial charge in [0.25, 0.3) is 0 Å². The molecule has 0 bridgehead atoms. The number of carbonyl (C=O) groups excluding carboxylic acids is 1. The Bertz CT molecular complexity index is 285. The van der Waals surface area contributed by atoms with Crippen molar-refractivity contribution in [2.45, 2.75) is 6.54 Å². The zero-order valence-electron chi connectivity index (χ0n) is 5.52. The van der Waals surface area contributed by atoms with Crippen molar-refractivity contribution in [2.24, 2.45) is 7.05 Å². The van der Waals surface area contributed by atoms with Crippen LogP contribution in [0.2, 0.25) is 0 Å². The average molecular weight is 141 g/mol. The summed E-state index contributed by atoms with van der Waals surface area (Å²) in [4.78, 5) is 20.8. The lowest BCUT2D eigenvalue weighted by Crippen LogP contribution is -2.23. The minimum absolute atomic E-state index is 0.0275. The Morgan fingerprint density at radius 2 is 2.50 bits per heavy atom. The van der Waals surface area contributed by atoms with Crippen LogP contribution in [0.1, 0.15) is 0 Å². The predicted octanol–water partition coefficient (Wildman–Crippen LogP) is -1.22. The predicted molar refractivity (Wildman–Crippen MR) is 33.5 cm³/mol. The zero-order valence-corrected chi connectivity index (χ0v) is 5.52. The molecular weight excluding hydrogens is 134 g/mol. The smallest absolute Gasteiger partial charge is 0.301 e. The molecule has 1 rings (SSSR count). The summed E-state index contributed by atoms with van der Waals surface area (Å²) >= 11 is 0. The molecule has 0 aromatic carbocycles. The molecule has 0 spiro atoms. The molecule has 0 aliphatic carbocycles. The summed E-state index contributed by atoms with van der Waals surface area (Å²) in [7, 11) is 1.58. The van der Waals surface area contributed by atoms with Crippen LogP contribution in [0.4, 0.5) is 0 Å². The van der Waals surface area contributed by atoms with Crippen molar-refractivity contribution < 1.29 is 4.79 Å². The number of nitrogens with zero attached hydrogens (tertiary/aromatic N) is 3. The fraction of sp³-hybridized carbons (Fsp3) is 0.400. The van der Waals surface area contributed by atoms with E-state index >= 15 is 0 Å². The first-order valence-electron chi connectivity index (χ1n) is 2.78. The van der Waals surface area contributed by atoms with Crippen molar-refractivity contribution in [1.82, 2.24) is 14.3 Å². The normalized spacial score (nSPS) is 9.70. The Labute approximate surface area is 56.9 Å². The minimum atomic E-state index is -0.271. The Morgan fingerprint density at radius 1 is 1.80 bits per heavy atom. The number of aryl methyl sites for hydroxylation is 1. The highest BCUT2D eigenvalue weighted by atomic mass is 16.2. The van der Waals surface area contributed by atoms with E-state index in [9.17, 15) is 9.59 Å². The zero-order chi connectivity index (χ0) is 7.56. The van der Waals surface area contributed by atoms with Gasteiger partial charge in [-0.15, -0.1) is 0 Å². The fourth-order valence-electron chi connectivity index (χ4n) is 0.616. The first-order chi connectivity index (χ1) is 4.75. The van der Waals surface area contributed by atoms with Crippen LogP contribution in [-0.2, 0) is 18.4 Å². The maximum absolute atomic E-state index is 10.9. The summed E-state index contributed by atoms with van der Waals surface area (Å²) in [5, 5.41) is 3.64. The van der Waals surface area contributed by atoms with Crippen LogP contribution in [-0.4, -0.2) is 20.6 Å². The monoisotopic (exact) mass is 141 g/mol. The van der Waals surface area contributed by atoms with E-state index in [-0.39, 0.29) is 12.2 Å². The number of hydrogen-bond donors (Lipinski definition) is 0. The van der Waals surface area contributed by atoms with E-state index in [1.807, 2.05) is 0 Å². The summed E-state index contributed by atoms with van der Waals surface area (Å²) in [5.41, 5.74) is -0.271. The highest BCUT2D eigenvalue weighted by Gasteiger charge is 1.97. The van der Waals surface area contributed by atoms with Crippen LogP contribution in [0.25, 0.3) is 0 Å². The van der Waals surface area contributed by atoms with Crippen molar-refractivity contribution in [1.29, 1.82) is 0 Å². The number of rotatable bonds is 2. The van der Waals surface area contributed by atoms with Gasteiger partial charge in [-0.3, -0.25) is 4.57 Å². The molecule has 0 unspecified atom stereocenters. The molecule has 0 radical (unpaired) electrons. The van der Waals surface area contributed by atoms with Gasteiger partial charge in [0.2, 0.25) is 0 Å². The summed E-state index contributed by atoms with van der Waals surface area (Å²) in [6.45, 7) is 0.0275. The second-order valence-corrected chi connectivity index (χ2v) is 1.87. The van der Waals surface area contributed by atoms with E-state index in [0.717, 1.165) is 4.68 Å². The topological polar surface area (TPSA) is 56.9 Å². The van der Waals surface area contributed by atoms with E-state index in [1.54, 1.807) is 7.05 Å². The molecule has 0 aliphatic rings. The third-order valence-corrected chi connectivity index (χ3v) is 1.13. The first-order valence-corrected chi connectivity index (χ1v) is 2.78. The van der Waals surface area contributed by atoms with Gasteiger partial charge in [-0.05, 0) is 0 Å². The summed E-state index contributed by atoms with van der Waals surface area (Å²) < 4.78 is 2.40. The van der Waals surface area contributed by atoms with Crippen LogP contribution < -0.4 is 5.69 Å². The lowest BCUT2D eigenvalue weighted by molar-refractivity contribution is -0.108. The largest absolute Gasteiger partial charge is 0.345 e. The highest BCUT2D eigenvalue weighted by molar-refractivity contribution is 5.48. The van der Waals surface area contributed by atoms with Gasteiger partial charge < -0.3 is 4.79 Å². The second kappa shape index (κ2) is 2.47. The second-order valence-electron chi connectivity index (χ2n) is 1.87. The van der Waals surface area contributed by atoms with Gasteiger partial charge in [0.15, 0.2) is 0 Å². The average Bonchev–Trinajstić information content (AvgIpc) is 2.20. The van der Waals surface area contributed by atoms with Crippen LogP contribution in [0.5, 0.6) is 0 Å². The molecule has 5 heteroatoms. The van der Waals surface area contributed by atoms with Crippen molar-refractivity contribution >= 4 is 6.29 Å². The Kier molecular flexibility index (Phi) is 1.66. The summed E-state index contributed by atoms with van der Waals surface area (Å²) in [5.74, 6) is 0. The lowest BCUT2D eigenvalue weighted by Gasteiger charge is -1.86. The molecule has 1 aromatic rings. The molecule has 0 saturated carbocycles. The number of carbonyl (C=O) groups is 1. The van der Waals surface area contributed by atoms with E-state index < -0.39 is 0 Å². The molecule has 0 atom stereocenters. The standard InChI is InChI=1S/C5H7N3O2/c1-7-4-6-8(2-3-9)5(7)10/h3-4H,2H2,1H3. The van der Waals surface area contributed by atoms with E-state index in [1.165, 1.54) is 10.9 Å². The minimum Gasteiger partial charge on any atom is -0.301 e. The number of aromatic nitrogens is 3. The Morgan fingerprint density at radius 3 is 2.90 bits per heavy atom. The van der Waals surface area contributed by atoms with Crippen molar-refractivity contribution in [3.8, 4) is 0 Å². The maximum atomic E-state index is 10.9. The summed E-state index contributed by atoms with van der Waals surface area (Å²) in [6, 6.07) is 0. The van der Waals surface area contributed by atoms with Crippen molar-refractivity contribution in [3.63, 3.8) is 0 Å². The molecule has 0 amide bonds. The first kappa shape index (κ1) is 6.73. The molecule has 0 aliphatic heterocycles. The fourth-order valence-corrected chi connectivity index (χ4v) is 0.616. The van der Waals surface area contributed by atoms with Crippen LogP contribution in [0.15, 0.2) is 11.1 Å². The van der Waals surface area contributed by atoms with Gasteiger partial charge in [0.1, 0.15) is 19.2 Å². The summed E-state index contributed by atoms with van der Waals surface area (Å²) in [6.07, 6.45) is 2.00. The maximum Gasteiger partial charge on any atom is 0.345 e. The van der Waals surface area contributed by atoms with Gasteiger partial charge in [-0.1, -0.05) is 0 Å². The van der Waals surface area contributed by atoms with Gasteiger partial charge in [0, 0.05) is 7.05 Å². The van der Waals surface area contributed by atoms with Gasteiger partial charge in [-0.2, -0.15) is 5.10 Å². The van der Waals surface area contributed by atoms with Gasteiger partial charge in [0.05, 0.1) is 0 Å². The quantitative estimate of drug-likeness (QED) is 0.485. The van der Waals surface area contributed by atoms with Crippen LogP contribution >= 0.6 is 0 Å². The number of hydrogen-bond acceptors (Lipinski definition) is 3. The molecule has 0 saturated heterocycles. The highest BCUT2D eigenvalue weighted by Crippen LogP contribution is 1.71. The molecule has 1 heterocycles. The van der Waals surface area contributed by atoms with E-state index in [4.69, 9.17) is 0 Å². The molecule has 0 fully saturated rings. The molecule has 10 heavy (non-hydrogen) atoms. The number of aldehydes is 1. The third kappa shape index (κ3) is 0.975. The van der Waals surface area contributed by atoms with Crippen LogP contribution in [0, 0.1) is 0 Å². The molecule has 5 nitrogen and oxygen atoms in total. The molecule has 0 N–H and O–H groups in total. The van der Waals surface area contributed by atoms with Crippen LogP contribution in [0.3, 0.4) is 0 Å². The Balaban J connectivity index is 3.05. The molecule has 1 aromatic heterocycles. The SMILES string of the molecule is Cn1cnn(CC=O)c1=O. The van der Waals surface area contributed by atoms with E-state index in [2.05, 4.69) is 5.10 Å². The van der Waals surface area contributed by atoms with E-state index in [0.29, 0.717) is 6.29 Å². The third-order valence-electron chi connectivity index (χ3n) is 1.13. The van der Waals surface area contributed by atoms with Gasteiger partial charge in [-0.25, -0.2) is 9.48 Å². The van der Waals surface area contributed by atoms with Crippen molar-refractivity contribution in [2.75, 3.05) is 0 Å². The molecular formula is C5H7N3O2. The van der Waals surface area contributed by atoms with Crippen molar-refractivity contribution in [3.05, 3.63) is 16.8 Å².